The Balaban J connectivity index is 1.99. The van der Waals surface area contributed by atoms with Crippen molar-refractivity contribution in [1.29, 1.82) is 0 Å². The van der Waals surface area contributed by atoms with Crippen molar-refractivity contribution in [3.05, 3.63) is 83.9 Å². The standard InChI is InChI=1S/C38H42GeSe/c1-7-39(8-2,9-3)23-21-33-35-25-29-17-13-15-19-31(29)27-37(35)34(22-24-40(10-4,11-5)12-6)38-28-32-20-16-14-18-30(32)26-36(33)38/h13-20,25-28H,7-12H2,1-6H3. The van der Waals surface area contributed by atoms with Crippen molar-refractivity contribution in [2.75, 3.05) is 0 Å². The fraction of sp³-hybridized carbons (Fsp3) is 0.316. The molecule has 40 heavy (non-hydrogen) atoms. The zero-order valence-corrected chi connectivity index (χ0v) is 28.9. The van der Waals surface area contributed by atoms with Gasteiger partial charge in [-0.25, -0.2) is 0 Å². The van der Waals surface area contributed by atoms with E-state index in [9.17, 15) is 0 Å². The Morgan fingerprint density at radius 3 is 1.20 bits per heavy atom. The molecule has 0 N–H and O–H groups in total. The van der Waals surface area contributed by atoms with Crippen molar-refractivity contribution < 1.29 is 0 Å². The van der Waals surface area contributed by atoms with E-state index in [2.05, 4.69) is 136 Å². The molecule has 0 spiro atoms. The van der Waals surface area contributed by atoms with Gasteiger partial charge in [0.1, 0.15) is 0 Å². The molecule has 0 unspecified atom stereocenters. The Hall–Kier alpha value is -2.68. The summed E-state index contributed by atoms with van der Waals surface area (Å²) < 4.78 is 3.99. The average Bonchev–Trinajstić information content (AvgIpc) is 3.01. The normalized spacial score (nSPS) is 12.3. The van der Waals surface area contributed by atoms with Gasteiger partial charge in [0.05, 0.1) is 0 Å². The van der Waals surface area contributed by atoms with Crippen LogP contribution in [-0.2, 0) is 0 Å². The summed E-state index contributed by atoms with van der Waals surface area (Å²) in [4.78, 5) is 3.96. The van der Waals surface area contributed by atoms with Crippen molar-refractivity contribution >= 4 is 69.2 Å². The first-order valence-corrected chi connectivity index (χ1v) is 25.1. The molecule has 0 atom stereocenters. The van der Waals surface area contributed by atoms with Gasteiger partial charge < -0.3 is 0 Å². The quantitative estimate of drug-likeness (QED) is 0.0975. The maximum atomic E-state index is 3.99. The molecule has 204 valence electrons. The molecule has 5 aromatic carbocycles. The van der Waals surface area contributed by atoms with E-state index in [-0.39, 0.29) is 0 Å². The second kappa shape index (κ2) is 12.1. The summed E-state index contributed by atoms with van der Waals surface area (Å²) in [6.07, 6.45) is 0. The van der Waals surface area contributed by atoms with Crippen LogP contribution in [0.4, 0.5) is 0 Å². The van der Waals surface area contributed by atoms with Crippen molar-refractivity contribution in [3.63, 3.8) is 0 Å². The summed E-state index contributed by atoms with van der Waals surface area (Å²) in [5.41, 5.74) is 2.39. The Morgan fingerprint density at radius 2 is 0.875 bits per heavy atom. The topological polar surface area (TPSA) is 0 Å². The summed E-state index contributed by atoms with van der Waals surface area (Å²) in [6, 6.07) is 27.1. The van der Waals surface area contributed by atoms with E-state index >= 15 is 0 Å². The van der Waals surface area contributed by atoms with E-state index in [4.69, 9.17) is 0 Å². The molecule has 0 nitrogen and oxygen atoms in total. The predicted molar refractivity (Wildman–Crippen MR) is 185 cm³/mol. The molecule has 5 rings (SSSR count). The number of hydrogen-bond acceptors (Lipinski definition) is 0. The van der Waals surface area contributed by atoms with Crippen molar-refractivity contribution in [3.8, 4) is 21.4 Å². The van der Waals surface area contributed by atoms with Crippen LogP contribution in [0.5, 0.6) is 0 Å². The minimum absolute atomic E-state index is 1.19. The van der Waals surface area contributed by atoms with Crippen molar-refractivity contribution in [2.24, 2.45) is 0 Å². The third-order valence-corrected chi connectivity index (χ3v) is 27.4. The fourth-order valence-corrected chi connectivity index (χ4v) is 15.3. The van der Waals surface area contributed by atoms with Crippen molar-refractivity contribution in [1.82, 2.24) is 0 Å². The van der Waals surface area contributed by atoms with Gasteiger partial charge in [-0.3, -0.25) is 0 Å². The molecular formula is C38H42GeSe. The fourth-order valence-electron chi connectivity index (χ4n) is 6.07. The Kier molecular flexibility index (Phi) is 8.69. The minimum atomic E-state index is -2.22. The summed E-state index contributed by atoms with van der Waals surface area (Å²) in [5, 5.41) is 17.6. The molecular weight excluding hydrogens is 608 g/mol. The molecule has 0 amide bonds. The molecule has 5 aromatic rings. The van der Waals surface area contributed by atoms with Gasteiger partial charge in [0.15, 0.2) is 0 Å². The van der Waals surface area contributed by atoms with Crippen LogP contribution in [-0.4, -0.2) is 26.1 Å². The molecule has 0 bridgehead atoms. The summed E-state index contributed by atoms with van der Waals surface area (Å²) in [5.74, 6) is 7.75. The maximum absolute atomic E-state index is 3.99. The molecule has 0 aliphatic rings. The van der Waals surface area contributed by atoms with E-state index in [0.29, 0.717) is 0 Å². The molecule has 0 aliphatic heterocycles. The van der Waals surface area contributed by atoms with Gasteiger partial charge in [0.25, 0.3) is 0 Å². The third-order valence-electron chi connectivity index (χ3n) is 9.38. The van der Waals surface area contributed by atoms with E-state index in [0.717, 1.165) is 0 Å². The number of fused-ring (bicyclic) bond motifs is 4. The molecule has 0 saturated heterocycles. The van der Waals surface area contributed by atoms with Gasteiger partial charge in [-0.1, -0.05) is 0 Å². The van der Waals surface area contributed by atoms with E-state index in [1.54, 1.807) is 0 Å². The Labute approximate surface area is 246 Å². The van der Waals surface area contributed by atoms with Crippen LogP contribution in [0.3, 0.4) is 0 Å². The second-order valence-corrected chi connectivity index (χ2v) is 29.8. The van der Waals surface area contributed by atoms with Crippen LogP contribution in [0.1, 0.15) is 52.7 Å². The van der Waals surface area contributed by atoms with Gasteiger partial charge in [0.2, 0.25) is 0 Å². The third kappa shape index (κ3) is 5.22. The Morgan fingerprint density at radius 1 is 0.525 bits per heavy atom. The van der Waals surface area contributed by atoms with Gasteiger partial charge >= 0.3 is 248 Å². The first kappa shape index (κ1) is 28.8. The van der Waals surface area contributed by atoms with Gasteiger partial charge in [-0.15, -0.1) is 0 Å². The van der Waals surface area contributed by atoms with E-state index in [1.165, 1.54) is 85.9 Å². The predicted octanol–water partition coefficient (Wildman–Crippen LogP) is 11.1. The molecule has 0 aliphatic carbocycles. The summed E-state index contributed by atoms with van der Waals surface area (Å²) >= 11 is -4.06. The Bertz CT molecular complexity index is 1580. The first-order valence-electron chi connectivity index (χ1n) is 15.1. The first-order chi connectivity index (χ1) is 19.5. The van der Waals surface area contributed by atoms with Crippen LogP contribution in [0.2, 0.25) is 31.7 Å². The number of rotatable bonds is 6. The summed E-state index contributed by atoms with van der Waals surface area (Å²) in [7, 11) is 0. The van der Waals surface area contributed by atoms with Gasteiger partial charge in [-0.2, -0.15) is 0 Å². The van der Waals surface area contributed by atoms with Crippen LogP contribution in [0.15, 0.2) is 72.8 Å². The number of hydrogen-bond donors (Lipinski definition) is 0. The SMILES string of the molecule is C[CH2][Ge]([C]#Cc1c2cc3ccccc3cc2c(C#C[Se](CC)(CC)CC)c2cc3ccccc3cc12)([CH2]C)[CH2]C. The van der Waals surface area contributed by atoms with Crippen molar-refractivity contribution in [2.45, 2.75) is 73.3 Å². The van der Waals surface area contributed by atoms with E-state index < -0.39 is 26.1 Å². The molecule has 0 radical (unpaired) electrons. The monoisotopic (exact) mass is 652 g/mol. The average molecular weight is 650 g/mol. The molecule has 0 heterocycles. The number of benzene rings is 5. The molecule has 0 fully saturated rings. The van der Waals surface area contributed by atoms with Gasteiger partial charge in [0, 0.05) is 0 Å². The molecule has 0 aromatic heterocycles. The van der Waals surface area contributed by atoms with Crippen LogP contribution >= 0.6 is 0 Å². The van der Waals surface area contributed by atoms with Crippen LogP contribution in [0, 0.1) is 21.4 Å². The summed E-state index contributed by atoms with van der Waals surface area (Å²) in [6.45, 7) is 14.1. The van der Waals surface area contributed by atoms with E-state index in [1.807, 2.05) is 0 Å². The second-order valence-electron chi connectivity index (χ2n) is 11.0. The molecule has 2 heteroatoms. The zero-order chi connectivity index (χ0) is 28.3. The zero-order valence-electron chi connectivity index (χ0n) is 25.1. The van der Waals surface area contributed by atoms with Crippen LogP contribution < -0.4 is 0 Å². The molecule has 0 saturated carbocycles. The van der Waals surface area contributed by atoms with Gasteiger partial charge in [-0.05, 0) is 0 Å². The van der Waals surface area contributed by atoms with Crippen LogP contribution in [0.25, 0.3) is 43.1 Å².